The Morgan fingerprint density at radius 3 is 2.53 bits per heavy atom. The van der Waals surface area contributed by atoms with E-state index in [-0.39, 0.29) is 22.9 Å². The van der Waals surface area contributed by atoms with Gasteiger partial charge in [0.05, 0.1) is 5.69 Å². The third-order valence-electron chi connectivity index (χ3n) is 4.92. The number of para-hydroxylation sites is 2. The molecular formula is C19H23F2N5O4. The first-order valence-corrected chi connectivity index (χ1v) is 9.47. The number of nitrogens with zero attached hydrogens (tertiary/aromatic N) is 3. The van der Waals surface area contributed by atoms with E-state index in [4.69, 9.17) is 5.73 Å². The quantitative estimate of drug-likeness (QED) is 0.726. The summed E-state index contributed by atoms with van der Waals surface area (Å²) in [5.41, 5.74) is 4.80. The van der Waals surface area contributed by atoms with Crippen LogP contribution in [0, 0.1) is 0 Å². The second-order valence-corrected chi connectivity index (χ2v) is 6.94. The van der Waals surface area contributed by atoms with E-state index in [2.05, 4.69) is 10.1 Å². The van der Waals surface area contributed by atoms with Gasteiger partial charge in [0.1, 0.15) is 23.8 Å². The van der Waals surface area contributed by atoms with E-state index in [0.29, 0.717) is 13.1 Å². The van der Waals surface area contributed by atoms with E-state index < -0.39 is 30.3 Å². The van der Waals surface area contributed by atoms with Crippen LogP contribution in [0.25, 0.3) is 0 Å². The van der Waals surface area contributed by atoms with Crippen LogP contribution >= 0.6 is 0 Å². The monoisotopic (exact) mass is 423 g/mol. The van der Waals surface area contributed by atoms with Crippen molar-refractivity contribution in [2.75, 3.05) is 29.0 Å². The molecule has 3 N–H and O–H groups in total. The van der Waals surface area contributed by atoms with Crippen molar-refractivity contribution in [2.24, 2.45) is 7.05 Å². The Hall–Kier alpha value is -3.37. The molecule has 162 valence electrons. The highest BCUT2D eigenvalue weighted by molar-refractivity contribution is 5.92. The van der Waals surface area contributed by atoms with E-state index in [1.807, 2.05) is 4.90 Å². The molecule has 1 amide bonds. The van der Waals surface area contributed by atoms with Gasteiger partial charge in [0.15, 0.2) is 0 Å². The Morgan fingerprint density at radius 2 is 1.87 bits per heavy atom. The zero-order valence-electron chi connectivity index (χ0n) is 16.4. The number of carbonyl (C=O) groups is 1. The molecule has 2 heterocycles. The number of nitrogens with one attached hydrogen (secondary N) is 1. The molecule has 0 aliphatic carbocycles. The molecule has 0 radical (unpaired) electrons. The van der Waals surface area contributed by atoms with Crippen LogP contribution in [-0.2, 0) is 18.4 Å². The summed E-state index contributed by atoms with van der Waals surface area (Å²) in [7, 11) is 1.42. The average Bonchev–Trinajstić information content (AvgIpc) is 2.72. The molecule has 30 heavy (non-hydrogen) atoms. The maximum absolute atomic E-state index is 13.0. The van der Waals surface area contributed by atoms with Crippen LogP contribution in [0.2, 0.25) is 0 Å². The van der Waals surface area contributed by atoms with Crippen LogP contribution in [0.1, 0.15) is 19.3 Å². The number of ether oxygens (including phenoxy) is 1. The van der Waals surface area contributed by atoms with Crippen molar-refractivity contribution < 1.29 is 18.3 Å². The number of nitrogens with two attached hydrogens (primary N) is 1. The van der Waals surface area contributed by atoms with Gasteiger partial charge in [-0.2, -0.15) is 8.78 Å². The molecule has 0 spiro atoms. The molecule has 11 heteroatoms. The Morgan fingerprint density at radius 1 is 1.20 bits per heavy atom. The fourth-order valence-corrected chi connectivity index (χ4v) is 3.42. The number of hydrogen-bond donors (Lipinski definition) is 2. The lowest BCUT2D eigenvalue weighted by Gasteiger charge is -2.29. The molecule has 0 saturated carbocycles. The molecule has 0 bridgehead atoms. The van der Waals surface area contributed by atoms with Crippen molar-refractivity contribution in [3.8, 4) is 5.75 Å². The van der Waals surface area contributed by atoms with Gasteiger partial charge in [-0.25, -0.2) is 9.36 Å². The van der Waals surface area contributed by atoms with Crippen LogP contribution in [0.4, 0.5) is 26.0 Å². The molecule has 1 fully saturated rings. The van der Waals surface area contributed by atoms with Gasteiger partial charge in [0.25, 0.3) is 5.56 Å². The second-order valence-electron chi connectivity index (χ2n) is 6.94. The third kappa shape index (κ3) is 4.44. The standard InChI is InChI=1S/C19H23F2N5O4/c1-24-16(22)15(25-9-5-2-6-10-25)17(28)26(19(24)29)11-14(27)23-12-7-3-4-8-13(12)30-18(20)21/h3-4,7-8,18H,2,5-6,9-11,22H2,1H3,(H,23,27). The van der Waals surface area contributed by atoms with E-state index in [0.717, 1.165) is 28.4 Å². The summed E-state index contributed by atoms with van der Waals surface area (Å²) in [6.07, 6.45) is 2.82. The summed E-state index contributed by atoms with van der Waals surface area (Å²) in [5, 5.41) is 2.40. The van der Waals surface area contributed by atoms with Crippen LogP contribution in [0.3, 0.4) is 0 Å². The summed E-state index contributed by atoms with van der Waals surface area (Å²) >= 11 is 0. The van der Waals surface area contributed by atoms with E-state index >= 15 is 0 Å². The minimum absolute atomic E-state index is 0.000582. The number of amides is 1. The summed E-state index contributed by atoms with van der Waals surface area (Å²) in [5.74, 6) is -0.930. The smallest absolute Gasteiger partial charge is 0.387 e. The van der Waals surface area contributed by atoms with Gasteiger partial charge in [-0.3, -0.25) is 14.2 Å². The van der Waals surface area contributed by atoms with Crippen LogP contribution in [0.15, 0.2) is 33.9 Å². The number of alkyl halides is 2. The van der Waals surface area contributed by atoms with Gasteiger partial charge in [-0.05, 0) is 31.4 Å². The lowest BCUT2D eigenvalue weighted by atomic mass is 10.1. The highest BCUT2D eigenvalue weighted by Gasteiger charge is 2.23. The summed E-state index contributed by atoms with van der Waals surface area (Å²) in [6.45, 7) is -2.41. The van der Waals surface area contributed by atoms with Crippen LogP contribution < -0.4 is 31.9 Å². The van der Waals surface area contributed by atoms with Crippen molar-refractivity contribution in [3.63, 3.8) is 0 Å². The highest BCUT2D eigenvalue weighted by Crippen LogP contribution is 2.25. The van der Waals surface area contributed by atoms with E-state index in [1.165, 1.54) is 31.3 Å². The van der Waals surface area contributed by atoms with Crippen molar-refractivity contribution in [1.82, 2.24) is 9.13 Å². The minimum atomic E-state index is -3.07. The molecule has 3 rings (SSSR count). The van der Waals surface area contributed by atoms with Crippen molar-refractivity contribution in [2.45, 2.75) is 32.4 Å². The lowest BCUT2D eigenvalue weighted by molar-refractivity contribution is -0.116. The second kappa shape index (κ2) is 8.97. The van der Waals surface area contributed by atoms with Gasteiger partial charge in [0, 0.05) is 20.1 Å². The SMILES string of the molecule is Cn1c(N)c(N2CCCCC2)c(=O)n(CC(=O)Nc2ccccc2OC(F)F)c1=O. The lowest BCUT2D eigenvalue weighted by Crippen LogP contribution is -2.46. The Labute approximate surface area is 170 Å². The molecule has 2 aromatic rings. The number of nitrogen functional groups attached to an aromatic ring is 1. The molecule has 0 atom stereocenters. The largest absolute Gasteiger partial charge is 0.433 e. The maximum atomic E-state index is 13.0. The fraction of sp³-hybridized carbons (Fsp3) is 0.421. The predicted octanol–water partition coefficient (Wildman–Crippen LogP) is 1.36. The van der Waals surface area contributed by atoms with Crippen molar-refractivity contribution in [3.05, 3.63) is 45.1 Å². The highest BCUT2D eigenvalue weighted by atomic mass is 19.3. The van der Waals surface area contributed by atoms with Gasteiger partial charge >= 0.3 is 12.3 Å². The summed E-state index contributed by atoms with van der Waals surface area (Å²) in [4.78, 5) is 39.9. The van der Waals surface area contributed by atoms with Gasteiger partial charge in [-0.15, -0.1) is 0 Å². The molecule has 1 aliphatic heterocycles. The molecule has 1 aliphatic rings. The van der Waals surface area contributed by atoms with Gasteiger partial charge in [0.2, 0.25) is 5.91 Å². The summed E-state index contributed by atoms with van der Waals surface area (Å²) in [6, 6.07) is 5.64. The Balaban J connectivity index is 1.90. The Kier molecular flexibility index (Phi) is 6.38. The molecule has 1 aromatic carbocycles. The summed E-state index contributed by atoms with van der Waals surface area (Å²) < 4.78 is 31.4. The third-order valence-corrected chi connectivity index (χ3v) is 4.92. The van der Waals surface area contributed by atoms with E-state index in [9.17, 15) is 23.2 Å². The molecular weight excluding hydrogens is 400 g/mol. The number of carbonyl (C=O) groups excluding carboxylic acids is 1. The zero-order valence-corrected chi connectivity index (χ0v) is 16.4. The topological polar surface area (TPSA) is 112 Å². The number of halogens is 2. The fourth-order valence-electron chi connectivity index (χ4n) is 3.42. The maximum Gasteiger partial charge on any atom is 0.387 e. The first-order valence-electron chi connectivity index (χ1n) is 9.47. The van der Waals surface area contributed by atoms with Gasteiger partial charge < -0.3 is 20.7 Å². The number of piperidine rings is 1. The van der Waals surface area contributed by atoms with Crippen molar-refractivity contribution >= 4 is 23.1 Å². The average molecular weight is 423 g/mol. The number of rotatable bonds is 6. The Bertz CT molecular complexity index is 1040. The zero-order chi connectivity index (χ0) is 21.8. The van der Waals surface area contributed by atoms with Crippen molar-refractivity contribution in [1.29, 1.82) is 0 Å². The molecule has 1 aromatic heterocycles. The number of anilines is 3. The van der Waals surface area contributed by atoms with Crippen LogP contribution in [-0.4, -0.2) is 34.7 Å². The number of aromatic nitrogens is 2. The number of hydrogen-bond acceptors (Lipinski definition) is 6. The minimum Gasteiger partial charge on any atom is -0.433 e. The normalized spacial score (nSPS) is 14.1. The number of benzene rings is 1. The first-order chi connectivity index (χ1) is 14.3. The van der Waals surface area contributed by atoms with Gasteiger partial charge in [-0.1, -0.05) is 12.1 Å². The van der Waals surface area contributed by atoms with E-state index in [1.54, 1.807) is 0 Å². The molecule has 0 unspecified atom stereocenters. The van der Waals surface area contributed by atoms with Crippen LogP contribution in [0.5, 0.6) is 5.75 Å². The first kappa shape index (κ1) is 21.3. The predicted molar refractivity (Wildman–Crippen MR) is 108 cm³/mol. The molecule has 1 saturated heterocycles. The molecule has 9 nitrogen and oxygen atoms in total.